The largest absolute Gasteiger partial charge is 0.477 e. The van der Waals surface area contributed by atoms with Gasteiger partial charge < -0.3 is 5.11 Å². The van der Waals surface area contributed by atoms with Gasteiger partial charge in [-0.15, -0.1) is 0 Å². The van der Waals surface area contributed by atoms with Gasteiger partial charge in [0.1, 0.15) is 11.8 Å². The van der Waals surface area contributed by atoms with Crippen molar-refractivity contribution in [2.75, 3.05) is 0 Å². The zero-order valence-electron chi connectivity index (χ0n) is 10.2. The number of nitro groups is 1. The van der Waals surface area contributed by atoms with E-state index in [9.17, 15) is 14.9 Å². The predicted molar refractivity (Wildman–Crippen MR) is 64.4 cm³/mol. The van der Waals surface area contributed by atoms with Gasteiger partial charge in [-0.05, 0) is 19.9 Å². The van der Waals surface area contributed by atoms with Crippen molar-refractivity contribution < 1.29 is 14.8 Å². The van der Waals surface area contributed by atoms with E-state index in [1.165, 1.54) is 4.68 Å². The third kappa shape index (κ3) is 2.28. The number of pyridine rings is 1. The highest BCUT2D eigenvalue weighted by atomic mass is 16.6. The van der Waals surface area contributed by atoms with E-state index in [2.05, 4.69) is 10.1 Å². The molecule has 0 saturated carbocycles. The van der Waals surface area contributed by atoms with Gasteiger partial charge in [-0.3, -0.25) is 10.1 Å². The predicted octanol–water partition coefficient (Wildman–Crippen LogP) is 1.49. The summed E-state index contributed by atoms with van der Waals surface area (Å²) in [5.74, 6) is -1.15. The Kier molecular flexibility index (Phi) is 2.99. The van der Waals surface area contributed by atoms with Gasteiger partial charge in [-0.2, -0.15) is 5.10 Å². The Morgan fingerprint density at radius 3 is 2.58 bits per heavy atom. The molecule has 0 aromatic carbocycles. The van der Waals surface area contributed by atoms with Crippen LogP contribution in [0.25, 0.3) is 5.82 Å². The quantitative estimate of drug-likeness (QED) is 0.662. The second-order valence-electron chi connectivity index (χ2n) is 3.96. The van der Waals surface area contributed by atoms with Gasteiger partial charge in [0, 0.05) is 11.8 Å². The molecular weight excluding hydrogens is 252 g/mol. The van der Waals surface area contributed by atoms with Crippen LogP contribution < -0.4 is 0 Å². The van der Waals surface area contributed by atoms with E-state index in [1.54, 1.807) is 19.9 Å². The summed E-state index contributed by atoms with van der Waals surface area (Å²) in [5.41, 5.74) is 0.546. The van der Waals surface area contributed by atoms with Gasteiger partial charge in [0.05, 0.1) is 10.6 Å². The molecule has 2 rings (SSSR count). The monoisotopic (exact) mass is 262 g/mol. The van der Waals surface area contributed by atoms with Crippen molar-refractivity contribution in [1.29, 1.82) is 0 Å². The molecule has 0 radical (unpaired) electrons. The lowest BCUT2D eigenvalue weighted by Gasteiger charge is -2.04. The molecule has 0 fully saturated rings. The van der Waals surface area contributed by atoms with Gasteiger partial charge in [-0.25, -0.2) is 14.5 Å². The number of carbonyl (C=O) groups is 1. The minimum absolute atomic E-state index is 0.230. The fourth-order valence-electron chi connectivity index (χ4n) is 1.73. The summed E-state index contributed by atoms with van der Waals surface area (Å²) in [7, 11) is 0. The average Bonchev–Trinajstić information content (AvgIpc) is 2.67. The topological polar surface area (TPSA) is 111 Å². The Balaban J connectivity index is 2.61. The second-order valence-corrected chi connectivity index (χ2v) is 3.96. The van der Waals surface area contributed by atoms with Crippen LogP contribution >= 0.6 is 0 Å². The number of hydrogen-bond donors (Lipinski definition) is 1. The lowest BCUT2D eigenvalue weighted by molar-refractivity contribution is -0.385. The molecule has 0 spiro atoms. The highest BCUT2D eigenvalue weighted by Gasteiger charge is 2.22. The number of carboxylic acid groups (broad SMARTS) is 1. The summed E-state index contributed by atoms with van der Waals surface area (Å²) in [6.07, 6.45) is 0.926. The fourth-order valence-corrected chi connectivity index (χ4v) is 1.73. The standard InChI is InChI=1S/C11H10N4O4/c1-6-3-7(2)14(13-6)10-4-8(11(16)17)9(5-12-10)15(18)19/h3-5H,1-2H3,(H,16,17). The molecule has 0 amide bonds. The van der Waals surface area contributed by atoms with Crippen LogP contribution in [-0.2, 0) is 0 Å². The maximum Gasteiger partial charge on any atom is 0.342 e. The maximum absolute atomic E-state index is 11.0. The van der Waals surface area contributed by atoms with Crippen molar-refractivity contribution >= 4 is 11.7 Å². The summed E-state index contributed by atoms with van der Waals surface area (Å²) in [5, 5.41) is 23.9. The fraction of sp³-hybridized carbons (Fsp3) is 0.182. The van der Waals surface area contributed by atoms with Crippen LogP contribution in [0.4, 0.5) is 5.69 Å². The molecular formula is C11H10N4O4. The molecule has 0 atom stereocenters. The van der Waals surface area contributed by atoms with Crippen LogP contribution in [0.1, 0.15) is 21.7 Å². The number of nitrogens with zero attached hydrogens (tertiary/aromatic N) is 4. The first kappa shape index (κ1) is 12.7. The van der Waals surface area contributed by atoms with Crippen LogP contribution in [0.2, 0.25) is 0 Å². The maximum atomic E-state index is 11.0. The highest BCUT2D eigenvalue weighted by molar-refractivity contribution is 5.92. The highest BCUT2D eigenvalue weighted by Crippen LogP contribution is 2.20. The van der Waals surface area contributed by atoms with Gasteiger partial charge in [-0.1, -0.05) is 0 Å². The van der Waals surface area contributed by atoms with Crippen molar-refractivity contribution in [3.8, 4) is 5.82 Å². The Hall–Kier alpha value is -2.77. The average molecular weight is 262 g/mol. The van der Waals surface area contributed by atoms with E-state index < -0.39 is 22.1 Å². The van der Waals surface area contributed by atoms with E-state index in [4.69, 9.17) is 5.11 Å². The van der Waals surface area contributed by atoms with Crippen molar-refractivity contribution in [2.45, 2.75) is 13.8 Å². The van der Waals surface area contributed by atoms with E-state index >= 15 is 0 Å². The molecule has 0 unspecified atom stereocenters. The van der Waals surface area contributed by atoms with Crippen molar-refractivity contribution in [3.63, 3.8) is 0 Å². The molecule has 0 aliphatic heterocycles. The second kappa shape index (κ2) is 4.48. The Morgan fingerprint density at radius 2 is 2.11 bits per heavy atom. The third-order valence-electron chi connectivity index (χ3n) is 2.52. The molecule has 2 aromatic heterocycles. The van der Waals surface area contributed by atoms with Gasteiger partial charge in [0.2, 0.25) is 0 Å². The lowest BCUT2D eigenvalue weighted by atomic mass is 10.2. The molecule has 0 aliphatic carbocycles. The van der Waals surface area contributed by atoms with Crippen LogP contribution in [0, 0.1) is 24.0 Å². The first-order chi connectivity index (χ1) is 8.90. The van der Waals surface area contributed by atoms with Gasteiger partial charge >= 0.3 is 11.7 Å². The Morgan fingerprint density at radius 1 is 1.42 bits per heavy atom. The van der Waals surface area contributed by atoms with E-state index in [0.29, 0.717) is 0 Å². The molecule has 8 heteroatoms. The number of aromatic nitrogens is 3. The smallest absolute Gasteiger partial charge is 0.342 e. The van der Waals surface area contributed by atoms with Crippen LogP contribution in [0.5, 0.6) is 0 Å². The zero-order chi connectivity index (χ0) is 14.2. The van der Waals surface area contributed by atoms with E-state index in [1.807, 2.05) is 0 Å². The number of hydrogen-bond acceptors (Lipinski definition) is 5. The number of carboxylic acids is 1. The summed E-state index contributed by atoms with van der Waals surface area (Å²) in [4.78, 5) is 24.9. The molecule has 0 saturated heterocycles. The van der Waals surface area contributed by atoms with Crippen LogP contribution in [-0.4, -0.2) is 30.8 Å². The van der Waals surface area contributed by atoms with Gasteiger partial charge in [0.25, 0.3) is 0 Å². The Labute approximate surface area is 107 Å². The molecule has 8 nitrogen and oxygen atoms in total. The number of rotatable bonds is 3. The Bertz CT molecular complexity index is 677. The zero-order valence-corrected chi connectivity index (χ0v) is 10.2. The molecule has 98 valence electrons. The molecule has 0 aliphatic rings. The van der Waals surface area contributed by atoms with Gasteiger partial charge in [0.15, 0.2) is 5.82 Å². The number of aromatic carboxylic acids is 1. The molecule has 19 heavy (non-hydrogen) atoms. The van der Waals surface area contributed by atoms with Crippen LogP contribution in [0.3, 0.4) is 0 Å². The van der Waals surface area contributed by atoms with E-state index in [-0.39, 0.29) is 5.82 Å². The molecule has 0 bridgehead atoms. The summed E-state index contributed by atoms with van der Waals surface area (Å²) in [6.45, 7) is 3.57. The summed E-state index contributed by atoms with van der Waals surface area (Å²) in [6, 6.07) is 2.93. The first-order valence-corrected chi connectivity index (χ1v) is 5.31. The SMILES string of the molecule is Cc1cc(C)n(-c2cc(C(=O)O)c([N+](=O)[O-])cn2)n1. The minimum atomic E-state index is -1.38. The van der Waals surface area contributed by atoms with Crippen molar-refractivity contribution in [2.24, 2.45) is 0 Å². The first-order valence-electron chi connectivity index (χ1n) is 5.31. The van der Waals surface area contributed by atoms with Crippen LogP contribution in [0.15, 0.2) is 18.3 Å². The van der Waals surface area contributed by atoms with E-state index in [0.717, 1.165) is 23.7 Å². The molecule has 2 heterocycles. The summed E-state index contributed by atoms with van der Waals surface area (Å²) < 4.78 is 1.44. The lowest BCUT2D eigenvalue weighted by Crippen LogP contribution is -2.08. The molecule has 2 aromatic rings. The van der Waals surface area contributed by atoms with Crippen molar-refractivity contribution in [1.82, 2.24) is 14.8 Å². The molecule has 1 N–H and O–H groups in total. The number of aryl methyl sites for hydroxylation is 2. The third-order valence-corrected chi connectivity index (χ3v) is 2.52. The summed E-state index contributed by atoms with van der Waals surface area (Å²) >= 11 is 0. The minimum Gasteiger partial charge on any atom is -0.477 e. The van der Waals surface area contributed by atoms with Crippen molar-refractivity contribution in [3.05, 3.63) is 45.4 Å². The normalized spacial score (nSPS) is 10.4.